The van der Waals surface area contributed by atoms with Crippen LogP contribution in [0.3, 0.4) is 0 Å². The fourth-order valence-corrected chi connectivity index (χ4v) is 0.408. The van der Waals surface area contributed by atoms with Gasteiger partial charge in [0.25, 0.3) is 0 Å². The van der Waals surface area contributed by atoms with Crippen LogP contribution in [0, 0.1) is 12.8 Å². The van der Waals surface area contributed by atoms with E-state index in [2.05, 4.69) is 44.3 Å². The van der Waals surface area contributed by atoms with Crippen LogP contribution in [0.1, 0.15) is 47.0 Å². The van der Waals surface area contributed by atoms with Crippen molar-refractivity contribution >= 4 is 29.7 Å². The molecule has 0 spiro atoms. The number of hydrogen-bond donors (Lipinski definition) is 3. The molecule has 0 saturated carbocycles. The zero-order chi connectivity index (χ0) is 12.0. The van der Waals surface area contributed by atoms with Gasteiger partial charge in [0.2, 0.25) is 5.69 Å². The van der Waals surface area contributed by atoms with E-state index in [0.29, 0.717) is 0 Å². The Bertz CT molecular complexity index is 119. The molecule has 0 fully saturated rings. The van der Waals surface area contributed by atoms with Gasteiger partial charge in [0, 0.05) is 0 Å². The molecule has 0 aromatic carbocycles. The van der Waals surface area contributed by atoms with Gasteiger partial charge in [-0.1, -0.05) is 32.5 Å². The minimum absolute atomic E-state index is 0. The third-order valence-corrected chi connectivity index (χ3v) is 0.781. The minimum atomic E-state index is -3.11. The van der Waals surface area contributed by atoms with Crippen LogP contribution in [-0.2, 0) is 31.3 Å². The molecule has 0 saturated heterocycles. The summed E-state index contributed by atoms with van der Waals surface area (Å²) < 4.78 is 0. The number of rotatable bonds is 3. The standard InChI is InChI=1S/C6H13.C3H7.H3O2PS2.Zn/c1-3-5-6-4-2;1-3-2;1-3(2,4)5;/h5H,3-4,6H2,1-2H3;3H,1-2H3;(H3,1,2,4,5);/q2*-1;;+2. The van der Waals surface area contributed by atoms with Gasteiger partial charge in [-0.15, -0.1) is 0 Å². The maximum Gasteiger partial charge on any atom is 2.00 e. The molecule has 0 aliphatic heterocycles. The first-order valence-electron chi connectivity index (χ1n) is 4.67. The molecule has 0 bridgehead atoms. The van der Waals surface area contributed by atoms with Crippen LogP contribution in [0.25, 0.3) is 0 Å². The predicted molar refractivity (Wildman–Crippen MR) is 72.9 cm³/mol. The molecule has 90 valence electrons. The zero-order valence-electron chi connectivity index (χ0n) is 10.2. The second-order valence-corrected chi connectivity index (χ2v) is 7.62. The molecular formula is C9H23O2PS2Zn. The van der Waals surface area contributed by atoms with E-state index in [1.165, 1.54) is 19.3 Å². The molecule has 0 aromatic heterocycles. The van der Waals surface area contributed by atoms with Crippen molar-refractivity contribution in [2.45, 2.75) is 47.0 Å². The summed E-state index contributed by atoms with van der Waals surface area (Å²) in [4.78, 5) is 15.7. The summed E-state index contributed by atoms with van der Waals surface area (Å²) in [6.45, 7) is 8.38. The second-order valence-electron chi connectivity index (χ2n) is 2.58. The molecule has 2 N–H and O–H groups in total. The van der Waals surface area contributed by atoms with Crippen LogP contribution in [0.4, 0.5) is 0 Å². The average molecular weight is 324 g/mol. The molecule has 0 aliphatic carbocycles. The molecule has 0 radical (unpaired) electrons. The Morgan fingerprint density at radius 1 is 1.27 bits per heavy atom. The van der Waals surface area contributed by atoms with E-state index >= 15 is 0 Å². The third kappa shape index (κ3) is 138. The van der Waals surface area contributed by atoms with Gasteiger partial charge in [-0.3, -0.25) is 0 Å². The summed E-state index contributed by atoms with van der Waals surface area (Å²) in [6.07, 6.45) is 8.12. The monoisotopic (exact) mass is 322 g/mol. The fraction of sp³-hybridized carbons (Fsp3) is 0.778. The van der Waals surface area contributed by atoms with Crippen molar-refractivity contribution in [1.29, 1.82) is 0 Å². The van der Waals surface area contributed by atoms with Crippen molar-refractivity contribution < 1.29 is 29.3 Å². The Balaban J connectivity index is -0.0000000617. The zero-order valence-corrected chi connectivity index (χ0v) is 15.8. The minimum Gasteiger partial charge on any atom is -0.338 e. The van der Waals surface area contributed by atoms with E-state index < -0.39 is 5.69 Å². The molecule has 0 unspecified atom stereocenters. The van der Waals surface area contributed by atoms with Crippen LogP contribution in [-0.4, -0.2) is 9.79 Å². The first-order valence-corrected chi connectivity index (χ1v) is 8.53. The summed E-state index contributed by atoms with van der Waals surface area (Å²) >= 11 is 7.07. The molecule has 0 rings (SSSR count). The Labute approximate surface area is 118 Å². The van der Waals surface area contributed by atoms with Crippen molar-refractivity contribution in [1.82, 2.24) is 0 Å². The van der Waals surface area contributed by atoms with Crippen molar-refractivity contribution in [3.63, 3.8) is 0 Å². The van der Waals surface area contributed by atoms with E-state index in [1.807, 2.05) is 20.3 Å². The molecule has 15 heavy (non-hydrogen) atoms. The summed E-state index contributed by atoms with van der Waals surface area (Å²) in [5.74, 6) is 0. The normalized spacial score (nSPS) is 8.73. The first-order chi connectivity index (χ1) is 6.33. The average Bonchev–Trinajstić information content (AvgIpc) is 1.99. The maximum absolute atomic E-state index is 7.87. The Morgan fingerprint density at radius 2 is 1.53 bits per heavy atom. The molecule has 0 aliphatic rings. The molecule has 2 nitrogen and oxygen atoms in total. The van der Waals surface area contributed by atoms with Gasteiger partial charge in [-0.25, -0.2) is 0 Å². The van der Waals surface area contributed by atoms with Gasteiger partial charge in [0.05, 0.1) is 0 Å². The number of thiol groups is 1. The summed E-state index contributed by atoms with van der Waals surface area (Å²) in [7, 11) is 0. The van der Waals surface area contributed by atoms with Crippen molar-refractivity contribution in [3.8, 4) is 0 Å². The van der Waals surface area contributed by atoms with Gasteiger partial charge in [-0.2, -0.15) is 26.7 Å². The molecule has 0 atom stereocenters. The molecular weight excluding hydrogens is 301 g/mol. The van der Waals surface area contributed by atoms with Gasteiger partial charge >= 0.3 is 19.5 Å². The summed E-state index contributed by atoms with van der Waals surface area (Å²) in [5, 5.41) is 0. The largest absolute Gasteiger partial charge is 2.00 e. The van der Waals surface area contributed by atoms with Crippen LogP contribution in [0.15, 0.2) is 0 Å². The van der Waals surface area contributed by atoms with Crippen LogP contribution < -0.4 is 0 Å². The van der Waals surface area contributed by atoms with Gasteiger partial charge in [-0.05, 0) is 11.8 Å². The predicted octanol–water partition coefficient (Wildman–Crippen LogP) is 3.75. The van der Waals surface area contributed by atoms with Crippen molar-refractivity contribution in [3.05, 3.63) is 12.8 Å². The van der Waals surface area contributed by atoms with E-state index in [1.54, 1.807) is 0 Å². The quantitative estimate of drug-likeness (QED) is 0.243. The van der Waals surface area contributed by atoms with Crippen LogP contribution >= 0.6 is 17.9 Å². The van der Waals surface area contributed by atoms with Gasteiger partial charge in [0.15, 0.2) is 0 Å². The Hall–Kier alpha value is 1.54. The first kappa shape index (κ1) is 25.4. The van der Waals surface area contributed by atoms with E-state index in [0.717, 1.165) is 0 Å². The third-order valence-electron chi connectivity index (χ3n) is 0.781. The number of hydrogen-bond acceptors (Lipinski definition) is 1. The van der Waals surface area contributed by atoms with E-state index in [9.17, 15) is 0 Å². The second kappa shape index (κ2) is 20.9. The van der Waals surface area contributed by atoms with Gasteiger partial charge < -0.3 is 22.6 Å². The number of unbranched alkanes of at least 4 members (excludes halogenated alkanes) is 3. The SMILES string of the molecule is CC[CH-]CCC.C[CH-]C.OP(O)(=S)S.[Zn+2]. The molecule has 6 heteroatoms. The summed E-state index contributed by atoms with van der Waals surface area (Å²) in [6, 6.07) is 0. The Kier molecular flexibility index (Phi) is 35.4. The molecule has 0 amide bonds. The van der Waals surface area contributed by atoms with Crippen molar-refractivity contribution in [2.24, 2.45) is 0 Å². The van der Waals surface area contributed by atoms with Gasteiger partial charge in [0.1, 0.15) is 0 Å². The summed E-state index contributed by atoms with van der Waals surface area (Å²) in [5.41, 5.74) is -3.11. The smallest absolute Gasteiger partial charge is 0.338 e. The van der Waals surface area contributed by atoms with Crippen LogP contribution in [0.2, 0.25) is 0 Å². The topological polar surface area (TPSA) is 40.5 Å². The van der Waals surface area contributed by atoms with E-state index in [-0.39, 0.29) is 19.5 Å². The fourth-order valence-electron chi connectivity index (χ4n) is 0.408. The Morgan fingerprint density at radius 3 is 1.60 bits per heavy atom. The molecule has 0 aromatic rings. The van der Waals surface area contributed by atoms with Crippen LogP contribution in [0.5, 0.6) is 0 Å². The maximum atomic E-state index is 7.87. The van der Waals surface area contributed by atoms with E-state index in [4.69, 9.17) is 9.79 Å². The molecule has 0 heterocycles. The van der Waals surface area contributed by atoms with Crippen molar-refractivity contribution in [2.75, 3.05) is 0 Å².